The highest BCUT2D eigenvalue weighted by molar-refractivity contribution is 9.10. The molecule has 1 heterocycles. The molecule has 1 aromatic carbocycles. The van der Waals surface area contributed by atoms with E-state index in [1.165, 1.54) is 28.8 Å². The summed E-state index contributed by atoms with van der Waals surface area (Å²) >= 11 is 3.66. The lowest BCUT2D eigenvalue weighted by Gasteiger charge is -2.32. The standard InChI is InChI=1S/C17H20BrN3/c1-11-7-8-15(18)14(10-11)17(21-19)13-6-2-4-12-5-3-9-20-16(12)13/h3,5,7-10,13,17,21H,2,4,6,19H2,1H3. The summed E-state index contributed by atoms with van der Waals surface area (Å²) < 4.78 is 1.10. The van der Waals surface area contributed by atoms with Crippen molar-refractivity contribution in [1.82, 2.24) is 10.4 Å². The van der Waals surface area contributed by atoms with Gasteiger partial charge in [-0.05, 0) is 49.4 Å². The van der Waals surface area contributed by atoms with Crippen molar-refractivity contribution in [2.45, 2.75) is 38.1 Å². The number of benzene rings is 1. The third kappa shape index (κ3) is 2.89. The average molecular weight is 346 g/mol. The van der Waals surface area contributed by atoms with E-state index in [9.17, 15) is 0 Å². The number of halogens is 1. The summed E-state index contributed by atoms with van der Waals surface area (Å²) in [5.41, 5.74) is 8.03. The molecule has 0 saturated heterocycles. The Kier molecular flexibility index (Phi) is 4.38. The second-order valence-electron chi connectivity index (χ2n) is 5.72. The van der Waals surface area contributed by atoms with Crippen LogP contribution in [0, 0.1) is 6.92 Å². The van der Waals surface area contributed by atoms with Crippen LogP contribution in [0.15, 0.2) is 41.0 Å². The minimum atomic E-state index is 0.0771. The molecule has 21 heavy (non-hydrogen) atoms. The highest BCUT2D eigenvalue weighted by Crippen LogP contribution is 2.40. The van der Waals surface area contributed by atoms with Crippen molar-refractivity contribution in [2.75, 3.05) is 0 Å². The number of hydrogen-bond acceptors (Lipinski definition) is 3. The minimum Gasteiger partial charge on any atom is -0.271 e. The number of pyridine rings is 1. The quantitative estimate of drug-likeness (QED) is 0.657. The molecular formula is C17H20BrN3. The van der Waals surface area contributed by atoms with Crippen molar-refractivity contribution in [2.24, 2.45) is 5.84 Å². The van der Waals surface area contributed by atoms with Crippen LogP contribution in [0.4, 0.5) is 0 Å². The van der Waals surface area contributed by atoms with Crippen LogP contribution in [0.5, 0.6) is 0 Å². The van der Waals surface area contributed by atoms with Crippen LogP contribution in [-0.4, -0.2) is 4.98 Å². The van der Waals surface area contributed by atoms with Gasteiger partial charge in [-0.2, -0.15) is 0 Å². The van der Waals surface area contributed by atoms with E-state index in [0.29, 0.717) is 5.92 Å². The van der Waals surface area contributed by atoms with Gasteiger partial charge in [0.05, 0.1) is 6.04 Å². The van der Waals surface area contributed by atoms with Gasteiger partial charge in [-0.25, -0.2) is 0 Å². The lowest BCUT2D eigenvalue weighted by Crippen LogP contribution is -2.34. The summed E-state index contributed by atoms with van der Waals surface area (Å²) in [6, 6.07) is 10.7. The Bertz CT molecular complexity index is 642. The van der Waals surface area contributed by atoms with Gasteiger partial charge in [0, 0.05) is 22.3 Å². The number of nitrogens with one attached hydrogen (secondary N) is 1. The summed E-state index contributed by atoms with van der Waals surface area (Å²) in [4.78, 5) is 4.64. The Morgan fingerprint density at radius 1 is 1.38 bits per heavy atom. The van der Waals surface area contributed by atoms with Crippen LogP contribution in [0.25, 0.3) is 0 Å². The molecule has 3 nitrogen and oxygen atoms in total. The van der Waals surface area contributed by atoms with E-state index in [0.717, 1.165) is 17.3 Å². The van der Waals surface area contributed by atoms with Crippen LogP contribution in [0.3, 0.4) is 0 Å². The molecule has 2 unspecified atom stereocenters. The Labute approximate surface area is 134 Å². The summed E-state index contributed by atoms with van der Waals surface area (Å²) in [6.07, 6.45) is 5.30. The van der Waals surface area contributed by atoms with Gasteiger partial charge in [-0.1, -0.05) is 39.7 Å². The molecule has 1 aromatic heterocycles. The van der Waals surface area contributed by atoms with E-state index in [-0.39, 0.29) is 6.04 Å². The number of hydrazine groups is 1. The van der Waals surface area contributed by atoms with Gasteiger partial charge < -0.3 is 0 Å². The third-order valence-corrected chi connectivity index (χ3v) is 5.03. The molecule has 0 fully saturated rings. The number of nitrogens with two attached hydrogens (primary N) is 1. The van der Waals surface area contributed by atoms with Crippen molar-refractivity contribution in [3.05, 3.63) is 63.4 Å². The van der Waals surface area contributed by atoms with Crippen molar-refractivity contribution in [3.63, 3.8) is 0 Å². The van der Waals surface area contributed by atoms with E-state index < -0.39 is 0 Å². The molecule has 2 atom stereocenters. The van der Waals surface area contributed by atoms with Gasteiger partial charge in [0.15, 0.2) is 0 Å². The molecule has 0 amide bonds. The predicted octanol–water partition coefficient (Wildman–Crippen LogP) is 3.78. The molecule has 110 valence electrons. The molecule has 1 aliphatic carbocycles. The van der Waals surface area contributed by atoms with Crippen molar-refractivity contribution >= 4 is 15.9 Å². The van der Waals surface area contributed by atoms with Crippen molar-refractivity contribution < 1.29 is 0 Å². The predicted molar refractivity (Wildman–Crippen MR) is 88.9 cm³/mol. The fourth-order valence-electron chi connectivity index (χ4n) is 3.29. The van der Waals surface area contributed by atoms with Crippen molar-refractivity contribution in [3.8, 4) is 0 Å². The first kappa shape index (κ1) is 14.7. The van der Waals surface area contributed by atoms with E-state index in [4.69, 9.17) is 5.84 Å². The van der Waals surface area contributed by atoms with Crippen molar-refractivity contribution in [1.29, 1.82) is 0 Å². The molecule has 3 rings (SSSR count). The van der Waals surface area contributed by atoms with Crippen LogP contribution in [0.1, 0.15) is 47.2 Å². The molecule has 3 N–H and O–H groups in total. The zero-order valence-electron chi connectivity index (χ0n) is 12.1. The Balaban J connectivity index is 2.03. The van der Waals surface area contributed by atoms with Gasteiger partial charge in [-0.15, -0.1) is 0 Å². The highest BCUT2D eigenvalue weighted by atomic mass is 79.9. The molecule has 0 spiro atoms. The number of hydrogen-bond donors (Lipinski definition) is 2. The Hall–Kier alpha value is -1.23. The zero-order valence-corrected chi connectivity index (χ0v) is 13.7. The molecule has 1 aliphatic rings. The molecule has 0 radical (unpaired) electrons. The van der Waals surface area contributed by atoms with E-state index in [1.807, 2.05) is 12.3 Å². The summed E-state index contributed by atoms with van der Waals surface area (Å²) in [5.74, 6) is 6.23. The molecule has 2 aromatic rings. The lowest BCUT2D eigenvalue weighted by atomic mass is 9.79. The van der Waals surface area contributed by atoms with Crippen LogP contribution in [-0.2, 0) is 6.42 Å². The average Bonchev–Trinajstić information content (AvgIpc) is 2.51. The first-order valence-electron chi connectivity index (χ1n) is 7.36. The summed E-state index contributed by atoms with van der Waals surface area (Å²) in [7, 11) is 0. The molecular weight excluding hydrogens is 326 g/mol. The number of aryl methyl sites for hydroxylation is 2. The third-order valence-electron chi connectivity index (χ3n) is 4.31. The zero-order chi connectivity index (χ0) is 14.8. The first-order valence-corrected chi connectivity index (χ1v) is 8.16. The SMILES string of the molecule is Cc1ccc(Br)c(C(NN)C2CCCc3cccnc32)c1. The summed E-state index contributed by atoms with van der Waals surface area (Å²) in [5, 5.41) is 0. The maximum Gasteiger partial charge on any atom is 0.0554 e. The van der Waals surface area contributed by atoms with E-state index in [1.54, 1.807) is 0 Å². The number of aromatic nitrogens is 1. The second kappa shape index (κ2) is 6.26. The van der Waals surface area contributed by atoms with Crippen LogP contribution >= 0.6 is 15.9 Å². The Morgan fingerprint density at radius 2 is 2.24 bits per heavy atom. The minimum absolute atomic E-state index is 0.0771. The summed E-state index contributed by atoms with van der Waals surface area (Å²) in [6.45, 7) is 2.11. The fraction of sp³-hybridized carbons (Fsp3) is 0.353. The smallest absolute Gasteiger partial charge is 0.0554 e. The second-order valence-corrected chi connectivity index (χ2v) is 6.57. The first-order chi connectivity index (χ1) is 10.2. The monoisotopic (exact) mass is 345 g/mol. The number of nitrogens with zero attached hydrogens (tertiary/aromatic N) is 1. The normalized spacial score (nSPS) is 19.1. The van der Waals surface area contributed by atoms with Crippen LogP contribution in [0.2, 0.25) is 0 Å². The number of fused-ring (bicyclic) bond motifs is 1. The topological polar surface area (TPSA) is 50.9 Å². The lowest BCUT2D eigenvalue weighted by molar-refractivity contribution is 0.399. The number of rotatable bonds is 3. The van der Waals surface area contributed by atoms with Gasteiger partial charge >= 0.3 is 0 Å². The molecule has 0 saturated carbocycles. The Morgan fingerprint density at radius 3 is 3.05 bits per heavy atom. The van der Waals surface area contributed by atoms with Gasteiger partial charge in [0.1, 0.15) is 0 Å². The maximum absolute atomic E-state index is 5.91. The molecule has 4 heteroatoms. The maximum atomic E-state index is 5.91. The van der Waals surface area contributed by atoms with Gasteiger partial charge in [0.25, 0.3) is 0 Å². The molecule has 0 bridgehead atoms. The van der Waals surface area contributed by atoms with E-state index >= 15 is 0 Å². The van der Waals surface area contributed by atoms with E-state index in [2.05, 4.69) is 57.5 Å². The fourth-order valence-corrected chi connectivity index (χ4v) is 3.79. The highest BCUT2D eigenvalue weighted by Gasteiger charge is 2.30. The van der Waals surface area contributed by atoms with Crippen LogP contribution < -0.4 is 11.3 Å². The van der Waals surface area contributed by atoms with Gasteiger partial charge in [0.2, 0.25) is 0 Å². The molecule has 0 aliphatic heterocycles. The van der Waals surface area contributed by atoms with Gasteiger partial charge in [-0.3, -0.25) is 16.3 Å². The largest absolute Gasteiger partial charge is 0.271 e.